The van der Waals surface area contributed by atoms with Crippen LogP contribution < -0.4 is 0 Å². The van der Waals surface area contributed by atoms with Crippen molar-refractivity contribution in [3.05, 3.63) is 0 Å². The molecule has 88 valence electrons. The summed E-state index contributed by atoms with van der Waals surface area (Å²) in [6, 6.07) is 0.617. The SMILES string of the molecule is COC1(OC)CN(C2CCC(O)CC2)C1. The van der Waals surface area contributed by atoms with Crippen LogP contribution >= 0.6 is 0 Å². The fourth-order valence-corrected chi connectivity index (χ4v) is 2.60. The lowest BCUT2D eigenvalue weighted by Gasteiger charge is -2.52. The van der Waals surface area contributed by atoms with Crippen molar-refractivity contribution in [2.75, 3.05) is 27.3 Å². The molecule has 0 aromatic rings. The molecule has 0 aromatic heterocycles. The number of ether oxygens (including phenoxy) is 2. The smallest absolute Gasteiger partial charge is 0.193 e. The van der Waals surface area contributed by atoms with Gasteiger partial charge in [-0.15, -0.1) is 0 Å². The third-order valence-electron chi connectivity index (χ3n) is 3.81. The highest BCUT2D eigenvalue weighted by Gasteiger charge is 2.46. The first kappa shape index (κ1) is 11.3. The molecule has 15 heavy (non-hydrogen) atoms. The Bertz CT molecular complexity index is 202. The van der Waals surface area contributed by atoms with Crippen LogP contribution in [0.2, 0.25) is 0 Å². The Kier molecular flexibility index (Phi) is 3.30. The maximum atomic E-state index is 9.43. The van der Waals surface area contributed by atoms with E-state index in [-0.39, 0.29) is 11.9 Å². The predicted octanol–water partition coefficient (Wildman–Crippen LogP) is 0.595. The van der Waals surface area contributed by atoms with E-state index in [0.717, 1.165) is 38.8 Å². The van der Waals surface area contributed by atoms with Gasteiger partial charge in [-0.3, -0.25) is 4.90 Å². The second-order valence-corrected chi connectivity index (χ2v) is 4.69. The zero-order valence-corrected chi connectivity index (χ0v) is 9.61. The number of rotatable bonds is 3. The van der Waals surface area contributed by atoms with Crippen molar-refractivity contribution >= 4 is 0 Å². The molecule has 4 heteroatoms. The summed E-state index contributed by atoms with van der Waals surface area (Å²) in [4.78, 5) is 2.40. The highest BCUT2D eigenvalue weighted by molar-refractivity contribution is 4.94. The topological polar surface area (TPSA) is 41.9 Å². The van der Waals surface area contributed by atoms with E-state index in [2.05, 4.69) is 4.90 Å². The van der Waals surface area contributed by atoms with Crippen molar-refractivity contribution in [1.29, 1.82) is 0 Å². The summed E-state index contributed by atoms with van der Waals surface area (Å²) in [6.07, 6.45) is 4.01. The van der Waals surface area contributed by atoms with E-state index in [1.54, 1.807) is 14.2 Å². The van der Waals surface area contributed by atoms with Crippen molar-refractivity contribution in [2.45, 2.75) is 43.6 Å². The molecular formula is C11H21NO3. The number of methoxy groups -OCH3 is 2. The Morgan fingerprint density at radius 1 is 1.07 bits per heavy atom. The molecule has 2 aliphatic rings. The summed E-state index contributed by atoms with van der Waals surface area (Å²) in [5.41, 5.74) is 0. The standard InChI is InChI=1S/C11H21NO3/c1-14-11(15-2)7-12(8-11)9-3-5-10(13)6-4-9/h9-10,13H,3-8H2,1-2H3. The second-order valence-electron chi connectivity index (χ2n) is 4.69. The van der Waals surface area contributed by atoms with Crippen molar-refractivity contribution < 1.29 is 14.6 Å². The van der Waals surface area contributed by atoms with Gasteiger partial charge < -0.3 is 14.6 Å². The second kappa shape index (κ2) is 4.37. The minimum atomic E-state index is -0.365. The summed E-state index contributed by atoms with van der Waals surface area (Å²) < 4.78 is 10.7. The average Bonchev–Trinajstić information content (AvgIpc) is 2.20. The van der Waals surface area contributed by atoms with Crippen LogP contribution in [0.25, 0.3) is 0 Å². The Morgan fingerprint density at radius 3 is 2.07 bits per heavy atom. The van der Waals surface area contributed by atoms with Crippen LogP contribution in [-0.4, -0.2) is 55.2 Å². The molecule has 0 unspecified atom stereocenters. The highest BCUT2D eigenvalue weighted by Crippen LogP contribution is 2.32. The van der Waals surface area contributed by atoms with Gasteiger partial charge in [-0.1, -0.05) is 0 Å². The predicted molar refractivity (Wildman–Crippen MR) is 56.6 cm³/mol. The maximum absolute atomic E-state index is 9.43. The molecule has 2 rings (SSSR count). The van der Waals surface area contributed by atoms with Crippen LogP contribution in [0.3, 0.4) is 0 Å². The first-order valence-corrected chi connectivity index (χ1v) is 5.71. The van der Waals surface area contributed by atoms with Crippen LogP contribution in [0.15, 0.2) is 0 Å². The molecular weight excluding hydrogens is 194 g/mol. The fourth-order valence-electron chi connectivity index (χ4n) is 2.60. The van der Waals surface area contributed by atoms with Crippen molar-refractivity contribution in [3.8, 4) is 0 Å². The van der Waals surface area contributed by atoms with Gasteiger partial charge in [0.25, 0.3) is 0 Å². The third-order valence-corrected chi connectivity index (χ3v) is 3.81. The molecule has 0 spiro atoms. The molecule has 1 saturated carbocycles. The van der Waals surface area contributed by atoms with E-state index in [0.29, 0.717) is 6.04 Å². The molecule has 1 aliphatic carbocycles. The van der Waals surface area contributed by atoms with Crippen LogP contribution in [0.1, 0.15) is 25.7 Å². The Morgan fingerprint density at radius 2 is 1.60 bits per heavy atom. The van der Waals surface area contributed by atoms with Gasteiger partial charge in [0.05, 0.1) is 19.2 Å². The number of aliphatic hydroxyl groups excluding tert-OH is 1. The molecule has 1 heterocycles. The van der Waals surface area contributed by atoms with Crippen LogP contribution in [0.5, 0.6) is 0 Å². The van der Waals surface area contributed by atoms with E-state index in [4.69, 9.17) is 9.47 Å². The Labute approximate surface area is 91.2 Å². The van der Waals surface area contributed by atoms with Gasteiger partial charge in [0.2, 0.25) is 0 Å². The lowest BCUT2D eigenvalue weighted by atomic mass is 9.89. The van der Waals surface area contributed by atoms with Gasteiger partial charge in [-0.25, -0.2) is 0 Å². The molecule has 4 nitrogen and oxygen atoms in total. The first-order chi connectivity index (χ1) is 7.19. The normalized spacial score (nSPS) is 36.2. The monoisotopic (exact) mass is 215 g/mol. The number of hydrogen-bond acceptors (Lipinski definition) is 4. The van der Waals surface area contributed by atoms with Gasteiger partial charge in [0.15, 0.2) is 5.79 Å². The van der Waals surface area contributed by atoms with E-state index in [9.17, 15) is 5.11 Å². The Balaban J connectivity index is 1.79. The zero-order valence-electron chi connectivity index (χ0n) is 9.61. The van der Waals surface area contributed by atoms with Crippen molar-refractivity contribution in [1.82, 2.24) is 4.90 Å². The molecule has 1 aliphatic heterocycles. The Hall–Kier alpha value is -0.160. The van der Waals surface area contributed by atoms with Gasteiger partial charge in [0.1, 0.15) is 0 Å². The van der Waals surface area contributed by atoms with Crippen LogP contribution in [-0.2, 0) is 9.47 Å². The van der Waals surface area contributed by atoms with Crippen LogP contribution in [0, 0.1) is 0 Å². The summed E-state index contributed by atoms with van der Waals surface area (Å²) in [5, 5.41) is 9.43. The molecule has 0 aromatic carbocycles. The molecule has 0 atom stereocenters. The minimum Gasteiger partial charge on any atom is -0.393 e. The quantitative estimate of drug-likeness (QED) is 0.700. The number of aliphatic hydroxyl groups is 1. The van der Waals surface area contributed by atoms with Crippen LogP contribution in [0.4, 0.5) is 0 Å². The van der Waals surface area contributed by atoms with E-state index < -0.39 is 0 Å². The fraction of sp³-hybridized carbons (Fsp3) is 1.00. The number of nitrogens with zero attached hydrogens (tertiary/aromatic N) is 1. The average molecular weight is 215 g/mol. The van der Waals surface area contributed by atoms with Gasteiger partial charge in [-0.05, 0) is 25.7 Å². The highest BCUT2D eigenvalue weighted by atomic mass is 16.7. The lowest BCUT2D eigenvalue weighted by molar-refractivity contribution is -0.283. The van der Waals surface area contributed by atoms with Crippen molar-refractivity contribution in [3.63, 3.8) is 0 Å². The molecule has 0 radical (unpaired) electrons. The molecule has 0 bridgehead atoms. The van der Waals surface area contributed by atoms with Gasteiger partial charge in [-0.2, -0.15) is 0 Å². The molecule has 1 N–H and O–H groups in total. The van der Waals surface area contributed by atoms with Crippen molar-refractivity contribution in [2.24, 2.45) is 0 Å². The van der Waals surface area contributed by atoms with E-state index in [1.807, 2.05) is 0 Å². The molecule has 1 saturated heterocycles. The first-order valence-electron chi connectivity index (χ1n) is 5.71. The lowest BCUT2D eigenvalue weighted by Crippen LogP contribution is -2.66. The molecule has 0 amide bonds. The maximum Gasteiger partial charge on any atom is 0.193 e. The number of likely N-dealkylation sites (tertiary alicyclic amines) is 1. The minimum absolute atomic E-state index is 0.0721. The summed E-state index contributed by atoms with van der Waals surface area (Å²) >= 11 is 0. The number of hydrogen-bond donors (Lipinski definition) is 1. The largest absolute Gasteiger partial charge is 0.393 e. The summed E-state index contributed by atoms with van der Waals surface area (Å²) in [5.74, 6) is -0.365. The van der Waals surface area contributed by atoms with Gasteiger partial charge >= 0.3 is 0 Å². The van der Waals surface area contributed by atoms with Gasteiger partial charge in [0, 0.05) is 20.3 Å². The third kappa shape index (κ3) is 2.18. The summed E-state index contributed by atoms with van der Waals surface area (Å²) in [6.45, 7) is 1.72. The molecule has 2 fully saturated rings. The summed E-state index contributed by atoms with van der Waals surface area (Å²) in [7, 11) is 3.40. The van der Waals surface area contributed by atoms with E-state index >= 15 is 0 Å². The van der Waals surface area contributed by atoms with E-state index in [1.165, 1.54) is 0 Å². The zero-order chi connectivity index (χ0) is 10.9.